The number of ether oxygens (including phenoxy) is 1. The molecule has 20 heavy (non-hydrogen) atoms. The summed E-state index contributed by atoms with van der Waals surface area (Å²) in [5, 5.41) is 9.06. The fraction of sp³-hybridized carbons (Fsp3) is 0.538. The predicted octanol–water partition coefficient (Wildman–Crippen LogP) is 0.430. The van der Waals surface area contributed by atoms with Gasteiger partial charge in [-0.15, -0.1) is 0 Å². The van der Waals surface area contributed by atoms with E-state index in [0.717, 1.165) is 5.69 Å². The summed E-state index contributed by atoms with van der Waals surface area (Å²) in [6, 6.07) is 6.58. The monoisotopic (exact) mass is 302 g/mol. The molecule has 1 aromatic rings. The highest BCUT2D eigenvalue weighted by atomic mass is 32.2. The van der Waals surface area contributed by atoms with E-state index in [-0.39, 0.29) is 11.5 Å². The summed E-state index contributed by atoms with van der Waals surface area (Å²) in [4.78, 5) is 2.17. The number of nitrogens with zero attached hydrogens (tertiary/aromatic N) is 1. The number of anilines is 1. The van der Waals surface area contributed by atoms with E-state index in [1.807, 2.05) is 4.90 Å². The number of aliphatic hydroxyl groups is 1. The molecule has 0 radical (unpaired) electrons. The summed E-state index contributed by atoms with van der Waals surface area (Å²) in [6.45, 7) is 3.77. The van der Waals surface area contributed by atoms with E-state index >= 15 is 0 Å². The summed E-state index contributed by atoms with van der Waals surface area (Å²) in [5.41, 5.74) is 0.853. The average molecular weight is 302 g/mol. The molecule has 7 heteroatoms. The van der Waals surface area contributed by atoms with E-state index in [4.69, 9.17) is 9.84 Å². The molecule has 0 saturated heterocycles. The van der Waals surface area contributed by atoms with E-state index in [2.05, 4.69) is 4.72 Å². The molecular formula is C13H22N2O4S. The minimum Gasteiger partial charge on any atom is -0.395 e. The highest BCUT2D eigenvalue weighted by molar-refractivity contribution is 7.89. The smallest absolute Gasteiger partial charge is 0.240 e. The maximum atomic E-state index is 11.8. The summed E-state index contributed by atoms with van der Waals surface area (Å²) in [5.74, 6) is 0. The number of hydrogen-bond donors (Lipinski definition) is 2. The molecule has 0 heterocycles. The molecule has 0 aliphatic heterocycles. The first-order valence-corrected chi connectivity index (χ1v) is 7.98. The zero-order chi connectivity index (χ0) is 15.0. The molecule has 0 saturated carbocycles. The second kappa shape index (κ2) is 8.21. The third-order valence-electron chi connectivity index (χ3n) is 2.78. The van der Waals surface area contributed by atoms with Gasteiger partial charge in [-0.3, -0.25) is 0 Å². The average Bonchev–Trinajstić information content (AvgIpc) is 2.43. The SMILES string of the molecule is CCNS(=O)(=O)c1ccc(N(CCO)CCOC)cc1. The van der Waals surface area contributed by atoms with Crippen LogP contribution in [-0.2, 0) is 14.8 Å². The van der Waals surface area contributed by atoms with Gasteiger partial charge in [-0.25, -0.2) is 13.1 Å². The van der Waals surface area contributed by atoms with Crippen molar-refractivity contribution in [2.75, 3.05) is 44.9 Å². The molecule has 0 amide bonds. The Morgan fingerprint density at radius 1 is 1.25 bits per heavy atom. The second-order valence-corrected chi connectivity index (χ2v) is 5.97. The minimum absolute atomic E-state index is 0.0289. The fourth-order valence-corrected chi connectivity index (χ4v) is 2.84. The van der Waals surface area contributed by atoms with E-state index in [9.17, 15) is 8.42 Å². The molecule has 6 nitrogen and oxygen atoms in total. The van der Waals surface area contributed by atoms with Gasteiger partial charge in [0.2, 0.25) is 10.0 Å². The maximum Gasteiger partial charge on any atom is 0.240 e. The number of benzene rings is 1. The standard InChI is InChI=1S/C13H22N2O4S/c1-3-14-20(17,18)13-6-4-12(5-7-13)15(8-10-16)9-11-19-2/h4-7,14,16H,3,8-11H2,1-2H3. The second-order valence-electron chi connectivity index (χ2n) is 4.20. The zero-order valence-electron chi connectivity index (χ0n) is 11.9. The molecule has 0 fully saturated rings. The lowest BCUT2D eigenvalue weighted by Gasteiger charge is -2.23. The van der Waals surface area contributed by atoms with Gasteiger partial charge in [0.05, 0.1) is 18.1 Å². The third-order valence-corrected chi connectivity index (χ3v) is 4.34. The highest BCUT2D eigenvalue weighted by Crippen LogP contribution is 2.17. The van der Waals surface area contributed by atoms with Gasteiger partial charge in [0.15, 0.2) is 0 Å². The minimum atomic E-state index is -3.42. The zero-order valence-corrected chi connectivity index (χ0v) is 12.7. The van der Waals surface area contributed by atoms with Gasteiger partial charge in [-0.05, 0) is 24.3 Å². The lowest BCUT2D eigenvalue weighted by atomic mass is 10.3. The largest absolute Gasteiger partial charge is 0.395 e. The molecule has 0 bridgehead atoms. The van der Waals surface area contributed by atoms with Gasteiger partial charge < -0.3 is 14.7 Å². The van der Waals surface area contributed by atoms with Gasteiger partial charge >= 0.3 is 0 Å². The number of methoxy groups -OCH3 is 1. The van der Waals surface area contributed by atoms with Crippen molar-refractivity contribution < 1.29 is 18.3 Å². The first kappa shape index (κ1) is 16.9. The Kier molecular flexibility index (Phi) is 6.94. The van der Waals surface area contributed by atoms with Crippen LogP contribution >= 0.6 is 0 Å². The van der Waals surface area contributed by atoms with Crippen LogP contribution in [0.3, 0.4) is 0 Å². The van der Waals surface area contributed by atoms with Crippen molar-refractivity contribution >= 4 is 15.7 Å². The van der Waals surface area contributed by atoms with Crippen molar-refractivity contribution in [3.05, 3.63) is 24.3 Å². The Labute approximate surface area is 120 Å². The molecule has 114 valence electrons. The first-order chi connectivity index (χ1) is 9.55. The van der Waals surface area contributed by atoms with Crippen LogP contribution in [0.4, 0.5) is 5.69 Å². The molecule has 0 atom stereocenters. The summed E-state index contributed by atoms with van der Waals surface area (Å²) < 4.78 is 31.1. The van der Waals surface area contributed by atoms with Gasteiger partial charge in [-0.2, -0.15) is 0 Å². The van der Waals surface area contributed by atoms with E-state index in [1.165, 1.54) is 0 Å². The quantitative estimate of drug-likeness (QED) is 0.691. The van der Waals surface area contributed by atoms with E-state index in [0.29, 0.717) is 26.2 Å². The van der Waals surface area contributed by atoms with Crippen LogP contribution < -0.4 is 9.62 Å². The van der Waals surface area contributed by atoms with Gasteiger partial charge in [-0.1, -0.05) is 6.92 Å². The summed E-state index contributed by atoms with van der Waals surface area (Å²) in [7, 11) is -1.81. The van der Waals surface area contributed by atoms with Crippen molar-refractivity contribution in [3.8, 4) is 0 Å². The van der Waals surface area contributed by atoms with Crippen molar-refractivity contribution in [1.29, 1.82) is 0 Å². The maximum absolute atomic E-state index is 11.8. The normalized spacial score (nSPS) is 11.6. The lowest BCUT2D eigenvalue weighted by Crippen LogP contribution is -2.30. The van der Waals surface area contributed by atoms with E-state index in [1.54, 1.807) is 38.3 Å². The van der Waals surface area contributed by atoms with Crippen LogP contribution in [0.15, 0.2) is 29.2 Å². The van der Waals surface area contributed by atoms with Crippen molar-refractivity contribution in [1.82, 2.24) is 4.72 Å². The molecule has 1 rings (SSSR count). The lowest BCUT2D eigenvalue weighted by molar-refractivity contribution is 0.203. The van der Waals surface area contributed by atoms with Crippen LogP contribution in [0.5, 0.6) is 0 Å². The molecular weight excluding hydrogens is 280 g/mol. The van der Waals surface area contributed by atoms with Crippen LogP contribution in [0.2, 0.25) is 0 Å². The summed E-state index contributed by atoms with van der Waals surface area (Å²) in [6.07, 6.45) is 0. The fourth-order valence-electron chi connectivity index (χ4n) is 1.80. The predicted molar refractivity (Wildman–Crippen MR) is 78.5 cm³/mol. The first-order valence-electron chi connectivity index (χ1n) is 6.49. The Hall–Kier alpha value is -1.15. The van der Waals surface area contributed by atoms with Crippen molar-refractivity contribution in [3.63, 3.8) is 0 Å². The Bertz CT molecular complexity index is 488. The molecule has 0 aliphatic rings. The number of sulfonamides is 1. The van der Waals surface area contributed by atoms with Gasteiger partial charge in [0.1, 0.15) is 0 Å². The molecule has 2 N–H and O–H groups in total. The number of rotatable bonds is 9. The number of aliphatic hydroxyl groups excluding tert-OH is 1. The van der Waals surface area contributed by atoms with Gasteiger partial charge in [0.25, 0.3) is 0 Å². The molecule has 0 unspecified atom stereocenters. The van der Waals surface area contributed by atoms with Crippen molar-refractivity contribution in [2.45, 2.75) is 11.8 Å². The highest BCUT2D eigenvalue weighted by Gasteiger charge is 2.13. The van der Waals surface area contributed by atoms with Crippen LogP contribution in [0.1, 0.15) is 6.92 Å². The third kappa shape index (κ3) is 4.75. The van der Waals surface area contributed by atoms with Crippen LogP contribution in [-0.4, -0.2) is 53.5 Å². The van der Waals surface area contributed by atoms with Crippen LogP contribution in [0.25, 0.3) is 0 Å². The topological polar surface area (TPSA) is 78.9 Å². The molecule has 1 aromatic carbocycles. The van der Waals surface area contributed by atoms with Crippen molar-refractivity contribution in [2.24, 2.45) is 0 Å². The molecule has 0 spiro atoms. The van der Waals surface area contributed by atoms with Crippen LogP contribution in [0, 0.1) is 0 Å². The van der Waals surface area contributed by atoms with E-state index < -0.39 is 10.0 Å². The van der Waals surface area contributed by atoms with Gasteiger partial charge in [0, 0.05) is 32.4 Å². The molecule has 0 aromatic heterocycles. The molecule has 0 aliphatic carbocycles. The Morgan fingerprint density at radius 3 is 2.40 bits per heavy atom. The number of nitrogens with one attached hydrogen (secondary N) is 1. The summed E-state index contributed by atoms with van der Waals surface area (Å²) >= 11 is 0. The Morgan fingerprint density at radius 2 is 1.90 bits per heavy atom. The number of hydrogen-bond acceptors (Lipinski definition) is 5. The Balaban J connectivity index is 2.87.